The molecule has 0 amide bonds. The average molecular weight is 237 g/mol. The van der Waals surface area contributed by atoms with Gasteiger partial charge in [-0.05, 0) is 39.2 Å². The van der Waals surface area contributed by atoms with Crippen molar-refractivity contribution in [3.05, 3.63) is 0 Å². The summed E-state index contributed by atoms with van der Waals surface area (Å²) in [5, 5.41) is 3.62. The number of hydrogen-bond acceptors (Lipinski definition) is 2. The van der Waals surface area contributed by atoms with Crippen molar-refractivity contribution in [3.63, 3.8) is 0 Å². The maximum atomic E-state index is 6.12. The summed E-state index contributed by atoms with van der Waals surface area (Å²) >= 11 is 0. The predicted octanol–water partition coefficient (Wildman–Crippen LogP) is 3.12. The Balaban J connectivity index is 2.60. The molecule has 1 rings (SSSR count). The second-order valence-corrected chi connectivity index (χ2v) is 4.91. The summed E-state index contributed by atoms with van der Waals surface area (Å²) in [7, 11) is 0. The second kappa shape index (κ2) is 7.74. The molecule has 0 radical (unpaired) electrons. The molecule has 1 fully saturated rings. The highest BCUT2D eigenvalue weighted by molar-refractivity contribution is 4.97. The van der Waals surface area contributed by atoms with E-state index in [9.17, 15) is 0 Å². The molecule has 0 spiro atoms. The van der Waals surface area contributed by atoms with E-state index in [2.05, 4.69) is 25.1 Å². The normalized spacial score (nSPS) is 20.1. The van der Waals surface area contributed by atoms with Crippen LogP contribution in [0.2, 0.25) is 0 Å². The van der Waals surface area contributed by atoms with Crippen LogP contribution in [-0.2, 0) is 4.74 Å². The molecule has 98 valence electrons. The smallest absolute Gasteiger partial charge is 0.0834 e. The van der Waals surface area contributed by atoms with Gasteiger partial charge >= 0.3 is 0 Å². The van der Waals surface area contributed by atoms with Gasteiger partial charge in [0.2, 0.25) is 0 Å². The molecule has 0 aromatic carbocycles. The lowest BCUT2D eigenvalue weighted by Gasteiger charge is -2.38. The van der Waals surface area contributed by atoms with Crippen LogP contribution in [-0.4, -0.2) is 24.8 Å². The Morgan fingerprint density at radius 1 is 1.35 bits per heavy atom. The lowest BCUT2D eigenvalue weighted by molar-refractivity contribution is -0.0631. The van der Waals surface area contributed by atoms with Gasteiger partial charge in [0.25, 0.3) is 0 Å². The third kappa shape index (κ3) is 4.01. The summed E-state index contributed by atoms with van der Waals surface area (Å²) in [5.74, 6) is 2.73. The highest BCUT2D eigenvalue weighted by atomic mass is 16.5. The first-order chi connectivity index (χ1) is 8.29. The SMILES string of the molecule is C#CCCCC(NCC)C1(OCC)CCCC1. The fourth-order valence-corrected chi connectivity index (χ4v) is 3.06. The first-order valence-electron chi connectivity index (χ1n) is 7.10. The quantitative estimate of drug-likeness (QED) is 0.517. The van der Waals surface area contributed by atoms with Crippen molar-refractivity contribution < 1.29 is 4.74 Å². The van der Waals surface area contributed by atoms with Gasteiger partial charge in [-0.15, -0.1) is 12.3 Å². The summed E-state index contributed by atoms with van der Waals surface area (Å²) in [6, 6.07) is 0.475. The molecule has 0 saturated heterocycles. The van der Waals surface area contributed by atoms with Crippen molar-refractivity contribution in [1.29, 1.82) is 0 Å². The van der Waals surface area contributed by atoms with Crippen LogP contribution < -0.4 is 5.32 Å². The van der Waals surface area contributed by atoms with Gasteiger partial charge in [-0.1, -0.05) is 19.8 Å². The first-order valence-corrected chi connectivity index (χ1v) is 7.10. The first kappa shape index (κ1) is 14.5. The third-order valence-corrected chi connectivity index (χ3v) is 3.78. The molecule has 0 aromatic rings. The number of nitrogens with one attached hydrogen (secondary N) is 1. The van der Waals surface area contributed by atoms with Crippen molar-refractivity contribution in [1.82, 2.24) is 5.32 Å². The zero-order valence-electron chi connectivity index (χ0n) is 11.4. The molecule has 1 atom stereocenters. The van der Waals surface area contributed by atoms with Crippen LogP contribution in [0.1, 0.15) is 58.8 Å². The molecule has 1 N–H and O–H groups in total. The van der Waals surface area contributed by atoms with Crippen LogP contribution in [0.3, 0.4) is 0 Å². The number of terminal acetylenes is 1. The Hall–Kier alpha value is -0.520. The molecule has 1 unspecified atom stereocenters. The van der Waals surface area contributed by atoms with Gasteiger partial charge in [0.05, 0.1) is 5.60 Å². The van der Waals surface area contributed by atoms with Crippen molar-refractivity contribution in [3.8, 4) is 12.3 Å². The molecule has 1 saturated carbocycles. The van der Waals surface area contributed by atoms with Crippen LogP contribution in [0.5, 0.6) is 0 Å². The van der Waals surface area contributed by atoms with Gasteiger partial charge in [-0.25, -0.2) is 0 Å². The maximum Gasteiger partial charge on any atom is 0.0834 e. The van der Waals surface area contributed by atoms with Crippen LogP contribution >= 0.6 is 0 Å². The van der Waals surface area contributed by atoms with Crippen molar-refractivity contribution in [2.45, 2.75) is 70.4 Å². The second-order valence-electron chi connectivity index (χ2n) is 4.91. The number of hydrogen-bond donors (Lipinski definition) is 1. The van der Waals surface area contributed by atoms with Gasteiger partial charge in [0.1, 0.15) is 0 Å². The number of unbranched alkanes of at least 4 members (excludes halogenated alkanes) is 1. The van der Waals surface area contributed by atoms with Crippen molar-refractivity contribution >= 4 is 0 Å². The maximum absolute atomic E-state index is 6.12. The molecule has 0 heterocycles. The summed E-state index contributed by atoms with van der Waals surface area (Å²) in [6.45, 7) is 6.10. The van der Waals surface area contributed by atoms with Crippen molar-refractivity contribution in [2.75, 3.05) is 13.2 Å². The lowest BCUT2D eigenvalue weighted by Crippen LogP contribution is -2.51. The summed E-state index contributed by atoms with van der Waals surface area (Å²) in [5.41, 5.74) is 0.0827. The summed E-state index contributed by atoms with van der Waals surface area (Å²) in [4.78, 5) is 0. The minimum Gasteiger partial charge on any atom is -0.374 e. The van der Waals surface area contributed by atoms with Crippen LogP contribution in [0.15, 0.2) is 0 Å². The largest absolute Gasteiger partial charge is 0.374 e. The topological polar surface area (TPSA) is 21.3 Å². The Kier molecular flexibility index (Phi) is 6.62. The summed E-state index contributed by atoms with van der Waals surface area (Å²) < 4.78 is 6.12. The molecular formula is C15H27NO. The average Bonchev–Trinajstić information content (AvgIpc) is 2.78. The fraction of sp³-hybridized carbons (Fsp3) is 0.867. The van der Waals surface area contributed by atoms with Crippen LogP contribution in [0.4, 0.5) is 0 Å². The van der Waals surface area contributed by atoms with E-state index >= 15 is 0 Å². The molecule has 17 heavy (non-hydrogen) atoms. The molecule has 2 nitrogen and oxygen atoms in total. The van der Waals surface area contributed by atoms with Crippen LogP contribution in [0, 0.1) is 12.3 Å². The Morgan fingerprint density at radius 3 is 2.59 bits per heavy atom. The predicted molar refractivity (Wildman–Crippen MR) is 73.0 cm³/mol. The van der Waals surface area contributed by atoms with E-state index in [0.29, 0.717) is 6.04 Å². The van der Waals surface area contributed by atoms with E-state index in [1.165, 1.54) is 25.7 Å². The van der Waals surface area contributed by atoms with Gasteiger partial charge in [0.15, 0.2) is 0 Å². The van der Waals surface area contributed by atoms with E-state index in [1.54, 1.807) is 0 Å². The van der Waals surface area contributed by atoms with E-state index in [0.717, 1.165) is 32.4 Å². The number of likely N-dealkylation sites (N-methyl/N-ethyl adjacent to an activating group) is 1. The van der Waals surface area contributed by atoms with E-state index in [-0.39, 0.29) is 5.60 Å². The minimum absolute atomic E-state index is 0.0827. The molecule has 0 bridgehead atoms. The van der Waals surface area contributed by atoms with Crippen LogP contribution in [0.25, 0.3) is 0 Å². The molecule has 0 aliphatic heterocycles. The van der Waals surface area contributed by atoms with Gasteiger partial charge < -0.3 is 10.1 Å². The van der Waals surface area contributed by atoms with Gasteiger partial charge in [0, 0.05) is 19.1 Å². The minimum atomic E-state index is 0.0827. The standard InChI is InChI=1S/C15H27NO/c1-4-7-8-11-14(16-5-2)15(17-6-3)12-9-10-13-15/h1,14,16H,5-13H2,2-3H3. The van der Waals surface area contributed by atoms with Gasteiger partial charge in [-0.3, -0.25) is 0 Å². The number of ether oxygens (including phenoxy) is 1. The highest BCUT2D eigenvalue weighted by Gasteiger charge is 2.41. The zero-order valence-corrected chi connectivity index (χ0v) is 11.4. The molecule has 2 heteroatoms. The molecular weight excluding hydrogens is 210 g/mol. The van der Waals surface area contributed by atoms with E-state index < -0.39 is 0 Å². The van der Waals surface area contributed by atoms with E-state index in [1.807, 2.05) is 0 Å². The van der Waals surface area contributed by atoms with E-state index in [4.69, 9.17) is 11.2 Å². The Labute approximate surface area is 107 Å². The fourth-order valence-electron chi connectivity index (χ4n) is 3.06. The zero-order chi connectivity index (χ0) is 12.6. The Bertz CT molecular complexity index is 238. The highest BCUT2D eigenvalue weighted by Crippen LogP contribution is 2.37. The molecule has 1 aliphatic rings. The number of rotatable bonds is 8. The Morgan fingerprint density at radius 2 is 2.06 bits per heavy atom. The van der Waals surface area contributed by atoms with Crippen molar-refractivity contribution in [2.24, 2.45) is 0 Å². The molecule has 0 aromatic heterocycles. The third-order valence-electron chi connectivity index (χ3n) is 3.78. The van der Waals surface area contributed by atoms with Gasteiger partial charge in [-0.2, -0.15) is 0 Å². The monoisotopic (exact) mass is 237 g/mol. The summed E-state index contributed by atoms with van der Waals surface area (Å²) in [6.07, 6.45) is 13.5. The molecule has 1 aliphatic carbocycles. The lowest BCUT2D eigenvalue weighted by atomic mass is 9.88.